The van der Waals surface area contributed by atoms with Crippen LogP contribution in [-0.4, -0.2) is 29.2 Å². The zero-order valence-corrected chi connectivity index (χ0v) is 10.2. The van der Waals surface area contributed by atoms with E-state index in [1.165, 1.54) is 0 Å². The molecule has 0 aliphatic rings. The molecule has 1 N–H and O–H groups in total. The van der Waals surface area contributed by atoms with E-state index in [2.05, 4.69) is 4.90 Å². The van der Waals surface area contributed by atoms with E-state index < -0.39 is 0 Å². The minimum Gasteiger partial charge on any atom is -0.392 e. The van der Waals surface area contributed by atoms with Gasteiger partial charge >= 0.3 is 0 Å². The Morgan fingerprint density at radius 3 is 2.47 bits per heavy atom. The molecule has 0 radical (unpaired) electrons. The molecular weight excluding hydrogens is 210 g/mol. The quantitative estimate of drug-likeness (QED) is 0.855. The van der Waals surface area contributed by atoms with Crippen LogP contribution in [0.4, 0.5) is 0 Å². The van der Waals surface area contributed by atoms with Crippen molar-refractivity contribution < 1.29 is 5.11 Å². The molecule has 15 heavy (non-hydrogen) atoms. The number of halogens is 1. The Morgan fingerprint density at radius 1 is 1.33 bits per heavy atom. The van der Waals surface area contributed by atoms with Gasteiger partial charge in [0.1, 0.15) is 0 Å². The van der Waals surface area contributed by atoms with Crippen molar-refractivity contribution in [1.82, 2.24) is 4.90 Å². The van der Waals surface area contributed by atoms with E-state index in [1.54, 1.807) is 6.92 Å². The summed E-state index contributed by atoms with van der Waals surface area (Å²) in [6.45, 7) is 4.56. The number of hydrogen-bond donors (Lipinski definition) is 1. The number of aliphatic hydroxyl groups is 1. The van der Waals surface area contributed by atoms with Crippen LogP contribution in [0.15, 0.2) is 24.3 Å². The topological polar surface area (TPSA) is 23.5 Å². The number of nitrogens with zero attached hydrogens (tertiary/aromatic N) is 1. The summed E-state index contributed by atoms with van der Waals surface area (Å²) in [5, 5.41) is 10.2. The monoisotopic (exact) mass is 227 g/mol. The summed E-state index contributed by atoms with van der Waals surface area (Å²) in [4.78, 5) is 2.09. The van der Waals surface area contributed by atoms with E-state index in [4.69, 9.17) is 11.6 Å². The molecule has 2 atom stereocenters. The van der Waals surface area contributed by atoms with Gasteiger partial charge in [-0.05, 0) is 32.5 Å². The second kappa shape index (κ2) is 5.50. The molecule has 84 valence electrons. The van der Waals surface area contributed by atoms with Crippen molar-refractivity contribution in [2.75, 3.05) is 7.05 Å². The first kappa shape index (κ1) is 12.5. The molecular formula is C12H18ClNO. The summed E-state index contributed by atoms with van der Waals surface area (Å²) in [6.07, 6.45) is -0.336. The molecule has 0 aliphatic heterocycles. The molecule has 1 aromatic carbocycles. The van der Waals surface area contributed by atoms with Gasteiger partial charge in [0.15, 0.2) is 0 Å². The van der Waals surface area contributed by atoms with Crippen LogP contribution in [0.3, 0.4) is 0 Å². The predicted molar refractivity (Wildman–Crippen MR) is 64.1 cm³/mol. The van der Waals surface area contributed by atoms with Crippen molar-refractivity contribution in [3.8, 4) is 0 Å². The van der Waals surface area contributed by atoms with Gasteiger partial charge in [0, 0.05) is 17.6 Å². The summed E-state index contributed by atoms with van der Waals surface area (Å²) in [7, 11) is 1.99. The highest BCUT2D eigenvalue weighted by Crippen LogP contribution is 2.17. The number of likely N-dealkylation sites (N-methyl/N-ethyl adjacent to an activating group) is 1. The van der Waals surface area contributed by atoms with Crippen molar-refractivity contribution >= 4 is 11.6 Å². The van der Waals surface area contributed by atoms with Crippen molar-refractivity contribution in [1.29, 1.82) is 0 Å². The molecule has 0 amide bonds. The highest BCUT2D eigenvalue weighted by Gasteiger charge is 2.15. The molecule has 0 spiro atoms. The van der Waals surface area contributed by atoms with Gasteiger partial charge in [-0.2, -0.15) is 0 Å². The van der Waals surface area contributed by atoms with Crippen LogP contribution >= 0.6 is 11.6 Å². The lowest BCUT2D eigenvalue weighted by Gasteiger charge is -2.27. The second-order valence-electron chi connectivity index (χ2n) is 3.99. The standard InChI is InChI=1S/C12H18ClNO/c1-9(10(2)15)14(3)8-11-6-4-5-7-12(11)13/h4-7,9-10,15H,8H2,1-3H3. The minimum absolute atomic E-state index is 0.126. The molecule has 3 heteroatoms. The SMILES string of the molecule is CC(O)C(C)N(C)Cc1ccccc1Cl. The highest BCUT2D eigenvalue weighted by atomic mass is 35.5. The molecule has 0 fully saturated rings. The first-order chi connectivity index (χ1) is 7.02. The largest absolute Gasteiger partial charge is 0.392 e. The Morgan fingerprint density at radius 2 is 1.93 bits per heavy atom. The third-order valence-corrected chi connectivity index (χ3v) is 3.14. The van der Waals surface area contributed by atoms with Crippen LogP contribution in [0.5, 0.6) is 0 Å². The summed E-state index contributed by atoms with van der Waals surface area (Å²) in [5.41, 5.74) is 1.09. The van der Waals surface area contributed by atoms with Crippen LogP contribution in [0.2, 0.25) is 5.02 Å². The van der Waals surface area contributed by atoms with E-state index >= 15 is 0 Å². The van der Waals surface area contributed by atoms with Crippen LogP contribution in [0, 0.1) is 0 Å². The molecule has 1 aromatic rings. The van der Waals surface area contributed by atoms with E-state index in [1.807, 2.05) is 38.2 Å². The van der Waals surface area contributed by atoms with E-state index in [0.717, 1.165) is 17.1 Å². The third kappa shape index (κ3) is 3.49. The summed E-state index contributed by atoms with van der Waals surface area (Å²) in [6, 6.07) is 7.92. The van der Waals surface area contributed by atoms with Crippen LogP contribution < -0.4 is 0 Å². The number of hydrogen-bond acceptors (Lipinski definition) is 2. The lowest BCUT2D eigenvalue weighted by atomic mass is 10.1. The first-order valence-corrected chi connectivity index (χ1v) is 5.52. The Labute approximate surface area is 96.5 Å². The molecule has 2 nitrogen and oxygen atoms in total. The first-order valence-electron chi connectivity index (χ1n) is 5.14. The third-order valence-electron chi connectivity index (χ3n) is 2.77. The molecule has 0 bridgehead atoms. The van der Waals surface area contributed by atoms with Crippen molar-refractivity contribution in [3.05, 3.63) is 34.9 Å². The van der Waals surface area contributed by atoms with Crippen molar-refractivity contribution in [2.45, 2.75) is 32.5 Å². The highest BCUT2D eigenvalue weighted by molar-refractivity contribution is 6.31. The van der Waals surface area contributed by atoms with Crippen molar-refractivity contribution in [2.24, 2.45) is 0 Å². The number of benzene rings is 1. The fourth-order valence-electron chi connectivity index (χ4n) is 1.41. The van der Waals surface area contributed by atoms with Gasteiger partial charge < -0.3 is 5.11 Å². The Kier molecular flexibility index (Phi) is 4.58. The van der Waals surface area contributed by atoms with E-state index in [0.29, 0.717) is 0 Å². The predicted octanol–water partition coefficient (Wildman–Crippen LogP) is 2.54. The van der Waals surface area contributed by atoms with Gasteiger partial charge in [0.05, 0.1) is 6.10 Å². The Hall–Kier alpha value is -0.570. The van der Waals surface area contributed by atoms with Crippen molar-refractivity contribution in [3.63, 3.8) is 0 Å². The molecule has 0 aliphatic carbocycles. The number of rotatable bonds is 4. The maximum Gasteiger partial charge on any atom is 0.0664 e. The molecule has 0 heterocycles. The van der Waals surface area contributed by atoms with Gasteiger partial charge in [-0.15, -0.1) is 0 Å². The summed E-state index contributed by atoms with van der Waals surface area (Å²) < 4.78 is 0. The van der Waals surface area contributed by atoms with Crippen LogP contribution in [0.1, 0.15) is 19.4 Å². The minimum atomic E-state index is -0.336. The van der Waals surface area contributed by atoms with E-state index in [-0.39, 0.29) is 12.1 Å². The fourth-order valence-corrected chi connectivity index (χ4v) is 1.60. The van der Waals surface area contributed by atoms with Gasteiger partial charge in [-0.1, -0.05) is 29.8 Å². The molecule has 2 unspecified atom stereocenters. The van der Waals surface area contributed by atoms with Crippen LogP contribution in [0.25, 0.3) is 0 Å². The molecule has 0 saturated carbocycles. The lowest BCUT2D eigenvalue weighted by molar-refractivity contribution is 0.0828. The zero-order chi connectivity index (χ0) is 11.4. The fraction of sp³-hybridized carbons (Fsp3) is 0.500. The van der Waals surface area contributed by atoms with Gasteiger partial charge in [-0.25, -0.2) is 0 Å². The van der Waals surface area contributed by atoms with Gasteiger partial charge in [0.2, 0.25) is 0 Å². The Balaban J connectivity index is 2.66. The molecule has 0 aromatic heterocycles. The normalized spacial score (nSPS) is 15.3. The van der Waals surface area contributed by atoms with E-state index in [9.17, 15) is 5.11 Å². The summed E-state index contributed by atoms with van der Waals surface area (Å²) >= 11 is 6.06. The molecule has 1 rings (SSSR count). The lowest BCUT2D eigenvalue weighted by Crippen LogP contribution is -2.36. The molecule has 0 saturated heterocycles. The smallest absolute Gasteiger partial charge is 0.0664 e. The average Bonchev–Trinajstić information content (AvgIpc) is 2.20. The summed E-state index contributed by atoms with van der Waals surface area (Å²) in [5.74, 6) is 0. The second-order valence-corrected chi connectivity index (χ2v) is 4.39. The maximum absolute atomic E-state index is 9.46. The maximum atomic E-state index is 9.46. The van der Waals surface area contributed by atoms with Gasteiger partial charge in [-0.3, -0.25) is 4.90 Å². The number of aliphatic hydroxyl groups excluding tert-OH is 1. The zero-order valence-electron chi connectivity index (χ0n) is 9.44. The average molecular weight is 228 g/mol. The Bertz CT molecular complexity index is 314. The van der Waals surface area contributed by atoms with Crippen LogP contribution in [-0.2, 0) is 6.54 Å². The van der Waals surface area contributed by atoms with Gasteiger partial charge in [0.25, 0.3) is 0 Å².